The van der Waals surface area contributed by atoms with Crippen molar-refractivity contribution in [1.82, 2.24) is 0 Å². The topological polar surface area (TPSA) is 78.9 Å². The molecule has 0 spiro atoms. The van der Waals surface area contributed by atoms with Crippen LogP contribution in [-0.4, -0.2) is 36.2 Å². The van der Waals surface area contributed by atoms with E-state index in [1.807, 2.05) is 6.08 Å². The van der Waals surface area contributed by atoms with Crippen molar-refractivity contribution in [1.29, 1.82) is 0 Å². The van der Waals surface area contributed by atoms with Gasteiger partial charge >= 0.3 is 17.9 Å². The van der Waals surface area contributed by atoms with Gasteiger partial charge in [-0.15, -0.1) is 0 Å². The number of carbonyl (C=O) groups excluding carboxylic acids is 3. The Kier molecular flexibility index (Phi) is 9.24. The van der Waals surface area contributed by atoms with Crippen molar-refractivity contribution in [3.05, 3.63) is 12.2 Å². The largest absolute Gasteiger partial charge is 0.459 e. The maximum Gasteiger partial charge on any atom is 0.313 e. The van der Waals surface area contributed by atoms with Gasteiger partial charge in [-0.1, -0.05) is 25.8 Å². The highest BCUT2D eigenvalue weighted by atomic mass is 16.6. The molecule has 0 amide bonds. The van der Waals surface area contributed by atoms with E-state index in [4.69, 9.17) is 14.2 Å². The second-order valence-corrected chi connectivity index (χ2v) is 6.49. The lowest BCUT2D eigenvalue weighted by molar-refractivity contribution is -0.174. The molecule has 1 aliphatic rings. The Morgan fingerprint density at radius 2 is 1.88 bits per heavy atom. The lowest BCUT2D eigenvalue weighted by Crippen LogP contribution is -2.39. The number of esters is 3. The zero-order chi connectivity index (χ0) is 18.8. The predicted molar refractivity (Wildman–Crippen MR) is 92.7 cm³/mol. The number of hydrogen-bond donors (Lipinski definition) is 0. The van der Waals surface area contributed by atoms with Gasteiger partial charge in [0.2, 0.25) is 0 Å². The van der Waals surface area contributed by atoms with E-state index >= 15 is 0 Å². The molecule has 1 rings (SSSR count). The van der Waals surface area contributed by atoms with Crippen LogP contribution in [0.1, 0.15) is 66.2 Å². The van der Waals surface area contributed by atoms with Crippen LogP contribution in [0, 0.1) is 5.92 Å². The molecule has 0 N–H and O–H groups in total. The van der Waals surface area contributed by atoms with Crippen molar-refractivity contribution in [2.75, 3.05) is 0 Å². The molecule has 0 aromatic rings. The monoisotopic (exact) mass is 354 g/mol. The van der Waals surface area contributed by atoms with Crippen molar-refractivity contribution >= 4 is 17.9 Å². The minimum absolute atomic E-state index is 0.381. The van der Waals surface area contributed by atoms with Crippen LogP contribution in [0.2, 0.25) is 0 Å². The summed E-state index contributed by atoms with van der Waals surface area (Å²) in [7, 11) is 0. The zero-order valence-corrected chi connectivity index (χ0v) is 15.7. The summed E-state index contributed by atoms with van der Waals surface area (Å²) in [4.78, 5) is 35.2. The zero-order valence-electron chi connectivity index (χ0n) is 15.7. The van der Waals surface area contributed by atoms with Gasteiger partial charge in [0.1, 0.15) is 18.3 Å². The first kappa shape index (κ1) is 21.2. The first-order valence-electron chi connectivity index (χ1n) is 9.06. The molecule has 6 heteroatoms. The van der Waals surface area contributed by atoms with Crippen molar-refractivity contribution in [3.8, 4) is 0 Å². The van der Waals surface area contributed by atoms with Gasteiger partial charge in [0, 0.05) is 13.8 Å². The number of carbonyl (C=O) groups is 3. The van der Waals surface area contributed by atoms with Crippen LogP contribution in [0.5, 0.6) is 0 Å². The summed E-state index contributed by atoms with van der Waals surface area (Å²) in [5, 5.41) is 0. The maximum atomic E-state index is 12.5. The highest BCUT2D eigenvalue weighted by molar-refractivity contribution is 5.74. The molecule has 1 heterocycles. The third-order valence-electron chi connectivity index (χ3n) is 4.20. The molecule has 0 aromatic carbocycles. The summed E-state index contributed by atoms with van der Waals surface area (Å²) in [6.45, 7) is 6.44. The second-order valence-electron chi connectivity index (χ2n) is 6.49. The molecule has 0 bridgehead atoms. The Hall–Kier alpha value is -1.85. The minimum atomic E-state index is -0.647. The fourth-order valence-electron chi connectivity index (χ4n) is 2.83. The first-order valence-corrected chi connectivity index (χ1v) is 9.06. The van der Waals surface area contributed by atoms with Crippen molar-refractivity contribution in [2.45, 2.75) is 84.5 Å². The molecule has 0 fully saturated rings. The fourth-order valence-corrected chi connectivity index (χ4v) is 2.83. The molecular weight excluding hydrogens is 324 g/mol. The van der Waals surface area contributed by atoms with Crippen LogP contribution in [0.4, 0.5) is 0 Å². The molecule has 25 heavy (non-hydrogen) atoms. The van der Waals surface area contributed by atoms with E-state index in [1.54, 1.807) is 13.0 Å². The Bertz CT molecular complexity index is 484. The van der Waals surface area contributed by atoms with E-state index in [1.165, 1.54) is 13.8 Å². The predicted octanol–water partition coefficient (Wildman–Crippen LogP) is 3.33. The SMILES string of the molecule is CCCCC[C@H]1OC(=O)[C@H](C)[C@H](OC(C)=O)/C=C\CC[C@@H]1OC(C)=O. The summed E-state index contributed by atoms with van der Waals surface area (Å²) in [6, 6.07) is 0. The smallest absolute Gasteiger partial charge is 0.313 e. The highest BCUT2D eigenvalue weighted by Gasteiger charge is 2.33. The van der Waals surface area contributed by atoms with E-state index in [2.05, 4.69) is 6.92 Å². The first-order chi connectivity index (χ1) is 11.8. The quantitative estimate of drug-likeness (QED) is 0.315. The Balaban J connectivity index is 2.95. The molecule has 4 atom stereocenters. The van der Waals surface area contributed by atoms with Gasteiger partial charge in [0.25, 0.3) is 0 Å². The standard InChI is InChI=1S/C19H30O6/c1-5-6-7-11-18-17(24-15(4)21)12-9-8-10-16(23-14(3)20)13(2)19(22)25-18/h8,10,13,16-18H,5-7,9,11-12H2,1-4H3/b10-8-/t13-,16-,17+,18-/m1/s1. The lowest BCUT2D eigenvalue weighted by atomic mass is 9.98. The summed E-state index contributed by atoms with van der Waals surface area (Å²) >= 11 is 0. The average molecular weight is 354 g/mol. The van der Waals surface area contributed by atoms with Crippen LogP contribution in [0.15, 0.2) is 12.2 Å². The maximum absolute atomic E-state index is 12.5. The van der Waals surface area contributed by atoms with Crippen LogP contribution in [-0.2, 0) is 28.6 Å². The van der Waals surface area contributed by atoms with E-state index in [9.17, 15) is 14.4 Å². The van der Waals surface area contributed by atoms with E-state index in [0.29, 0.717) is 19.3 Å². The summed E-state index contributed by atoms with van der Waals surface area (Å²) in [5.74, 6) is -1.89. The molecule has 0 unspecified atom stereocenters. The van der Waals surface area contributed by atoms with E-state index in [-0.39, 0.29) is 5.97 Å². The molecule has 0 aliphatic carbocycles. The van der Waals surface area contributed by atoms with Gasteiger partial charge in [0.15, 0.2) is 0 Å². The van der Waals surface area contributed by atoms with E-state index in [0.717, 1.165) is 19.3 Å². The number of cyclic esters (lactones) is 1. The number of rotatable bonds is 6. The third kappa shape index (κ3) is 7.71. The molecule has 0 radical (unpaired) electrons. The summed E-state index contributed by atoms with van der Waals surface area (Å²) < 4.78 is 16.3. The lowest BCUT2D eigenvalue weighted by Gasteiger charge is -2.29. The van der Waals surface area contributed by atoms with Crippen molar-refractivity contribution < 1.29 is 28.6 Å². The highest BCUT2D eigenvalue weighted by Crippen LogP contribution is 2.23. The van der Waals surface area contributed by atoms with Crippen LogP contribution in [0.3, 0.4) is 0 Å². The normalized spacial score (nSPS) is 28.6. The number of hydrogen-bond acceptors (Lipinski definition) is 6. The number of unbranched alkanes of at least 4 members (excludes halogenated alkanes) is 2. The minimum Gasteiger partial charge on any atom is -0.459 e. The summed E-state index contributed by atoms with van der Waals surface area (Å²) in [5.41, 5.74) is 0. The summed E-state index contributed by atoms with van der Waals surface area (Å²) in [6.07, 6.45) is 6.79. The Morgan fingerprint density at radius 3 is 2.48 bits per heavy atom. The van der Waals surface area contributed by atoms with Gasteiger partial charge in [-0.05, 0) is 38.7 Å². The molecule has 0 saturated heterocycles. The van der Waals surface area contributed by atoms with Crippen LogP contribution in [0.25, 0.3) is 0 Å². The van der Waals surface area contributed by atoms with Gasteiger partial charge in [-0.2, -0.15) is 0 Å². The van der Waals surface area contributed by atoms with Crippen LogP contribution < -0.4 is 0 Å². The molecule has 0 aromatic heterocycles. The molecular formula is C19H30O6. The van der Waals surface area contributed by atoms with Gasteiger partial charge < -0.3 is 14.2 Å². The molecule has 1 aliphatic heterocycles. The van der Waals surface area contributed by atoms with Gasteiger partial charge in [-0.25, -0.2) is 0 Å². The molecule has 142 valence electrons. The Morgan fingerprint density at radius 1 is 1.20 bits per heavy atom. The molecule has 6 nitrogen and oxygen atoms in total. The van der Waals surface area contributed by atoms with Crippen molar-refractivity contribution in [3.63, 3.8) is 0 Å². The van der Waals surface area contributed by atoms with Gasteiger partial charge in [-0.3, -0.25) is 14.4 Å². The molecule has 0 saturated carbocycles. The van der Waals surface area contributed by atoms with E-state index < -0.39 is 36.2 Å². The average Bonchev–Trinajstić information content (AvgIpc) is 2.53. The Labute approximate surface area is 149 Å². The number of allylic oxidation sites excluding steroid dienone is 1. The second kappa shape index (κ2) is 10.9. The van der Waals surface area contributed by atoms with Crippen LogP contribution >= 0.6 is 0 Å². The van der Waals surface area contributed by atoms with Gasteiger partial charge in [0.05, 0.1) is 5.92 Å². The number of ether oxygens (including phenoxy) is 3. The van der Waals surface area contributed by atoms with Crippen molar-refractivity contribution in [2.24, 2.45) is 5.92 Å². The fraction of sp³-hybridized carbons (Fsp3) is 0.737. The third-order valence-corrected chi connectivity index (χ3v) is 4.20.